The molecule has 1 saturated carbocycles. The predicted molar refractivity (Wildman–Crippen MR) is 76.6 cm³/mol. The fraction of sp³-hybridized carbons (Fsp3) is 0.500. The lowest BCUT2D eigenvalue weighted by Gasteiger charge is -2.25. The van der Waals surface area contributed by atoms with E-state index < -0.39 is 5.97 Å². The van der Waals surface area contributed by atoms with E-state index in [1.165, 1.54) is 12.8 Å². The number of rotatable bonds is 6. The summed E-state index contributed by atoms with van der Waals surface area (Å²) in [5, 5.41) is 12.3. The molecule has 1 aliphatic rings. The zero-order valence-electron chi connectivity index (χ0n) is 11.4. The third-order valence-corrected chi connectivity index (χ3v) is 3.70. The first-order chi connectivity index (χ1) is 8.99. The molecule has 0 spiro atoms. The van der Waals surface area contributed by atoms with E-state index in [1.807, 2.05) is 6.07 Å². The molecule has 1 aromatic rings. The second-order valence-corrected chi connectivity index (χ2v) is 5.23. The van der Waals surface area contributed by atoms with Gasteiger partial charge in [-0.1, -0.05) is 0 Å². The summed E-state index contributed by atoms with van der Waals surface area (Å²) in [6.07, 6.45) is 2.57. The van der Waals surface area contributed by atoms with Crippen LogP contribution in [0.4, 0.5) is 11.4 Å². The quantitative estimate of drug-likeness (QED) is 0.683. The summed E-state index contributed by atoms with van der Waals surface area (Å²) in [5.41, 5.74) is 6.86. The van der Waals surface area contributed by atoms with Crippen LogP contribution < -0.4 is 11.1 Å². The standard InChI is InChI=1S/C14H21N3O2/c1-9(17(2)11-4-5-11)8-16-10-3-6-13(15)12(7-10)14(18)19/h3,6-7,9,11,16H,4-5,8,15H2,1-2H3,(H,18,19). The molecule has 4 N–H and O–H groups in total. The third kappa shape index (κ3) is 3.38. The minimum Gasteiger partial charge on any atom is -0.478 e. The van der Waals surface area contributed by atoms with Crippen LogP contribution in [-0.2, 0) is 0 Å². The zero-order valence-corrected chi connectivity index (χ0v) is 11.4. The van der Waals surface area contributed by atoms with Crippen LogP contribution in [-0.4, -0.2) is 41.7 Å². The van der Waals surface area contributed by atoms with Gasteiger partial charge in [0.2, 0.25) is 0 Å². The molecule has 1 aliphatic carbocycles. The number of anilines is 2. The number of nitrogen functional groups attached to an aromatic ring is 1. The lowest BCUT2D eigenvalue weighted by Crippen LogP contribution is -2.36. The summed E-state index contributed by atoms with van der Waals surface area (Å²) in [4.78, 5) is 13.4. The van der Waals surface area contributed by atoms with Crippen molar-refractivity contribution < 1.29 is 9.90 Å². The molecule has 0 heterocycles. The average Bonchev–Trinajstić information content (AvgIpc) is 3.20. The Bertz CT molecular complexity index is 472. The highest BCUT2D eigenvalue weighted by atomic mass is 16.4. The van der Waals surface area contributed by atoms with Crippen molar-refractivity contribution in [2.45, 2.75) is 31.8 Å². The topological polar surface area (TPSA) is 78.6 Å². The van der Waals surface area contributed by atoms with E-state index in [0.717, 1.165) is 18.3 Å². The molecule has 0 aliphatic heterocycles. The number of nitrogens with one attached hydrogen (secondary N) is 1. The maximum absolute atomic E-state index is 11.0. The van der Waals surface area contributed by atoms with Gasteiger partial charge in [0.25, 0.3) is 0 Å². The van der Waals surface area contributed by atoms with Crippen molar-refractivity contribution in [3.05, 3.63) is 23.8 Å². The molecular formula is C14H21N3O2. The first-order valence-corrected chi connectivity index (χ1v) is 6.57. The summed E-state index contributed by atoms with van der Waals surface area (Å²) >= 11 is 0. The van der Waals surface area contributed by atoms with Crippen molar-refractivity contribution >= 4 is 17.3 Å². The van der Waals surface area contributed by atoms with E-state index in [1.54, 1.807) is 12.1 Å². The van der Waals surface area contributed by atoms with E-state index in [-0.39, 0.29) is 5.56 Å². The Labute approximate surface area is 113 Å². The fourth-order valence-electron chi connectivity index (χ4n) is 2.10. The van der Waals surface area contributed by atoms with Gasteiger partial charge in [0, 0.05) is 30.0 Å². The monoisotopic (exact) mass is 263 g/mol. The molecule has 0 saturated heterocycles. The number of benzene rings is 1. The Kier molecular flexibility index (Phi) is 3.95. The van der Waals surface area contributed by atoms with Crippen molar-refractivity contribution in [3.63, 3.8) is 0 Å². The first kappa shape index (κ1) is 13.7. The molecule has 0 amide bonds. The van der Waals surface area contributed by atoms with Gasteiger partial charge in [-0.25, -0.2) is 4.79 Å². The molecule has 5 heteroatoms. The largest absolute Gasteiger partial charge is 0.478 e. The minimum atomic E-state index is -0.996. The summed E-state index contributed by atoms with van der Waals surface area (Å²) in [6, 6.07) is 6.16. The maximum atomic E-state index is 11.0. The molecule has 1 atom stereocenters. The van der Waals surface area contributed by atoms with E-state index in [2.05, 4.69) is 24.2 Å². The van der Waals surface area contributed by atoms with Crippen LogP contribution in [0, 0.1) is 0 Å². The van der Waals surface area contributed by atoms with Gasteiger partial charge >= 0.3 is 5.97 Å². The second kappa shape index (κ2) is 5.48. The van der Waals surface area contributed by atoms with Crippen molar-refractivity contribution in [3.8, 4) is 0 Å². The summed E-state index contributed by atoms with van der Waals surface area (Å²) in [5.74, 6) is -0.996. The molecule has 0 bridgehead atoms. The number of likely N-dealkylation sites (N-methyl/N-ethyl adjacent to an activating group) is 1. The second-order valence-electron chi connectivity index (χ2n) is 5.23. The summed E-state index contributed by atoms with van der Waals surface area (Å²) in [7, 11) is 2.13. The summed E-state index contributed by atoms with van der Waals surface area (Å²) in [6.45, 7) is 2.96. The van der Waals surface area contributed by atoms with Gasteiger partial charge in [0.1, 0.15) is 0 Å². The zero-order chi connectivity index (χ0) is 14.0. The number of aromatic carboxylic acids is 1. The van der Waals surface area contributed by atoms with Gasteiger partial charge in [-0.3, -0.25) is 4.90 Å². The van der Waals surface area contributed by atoms with E-state index in [4.69, 9.17) is 10.8 Å². The van der Waals surface area contributed by atoms with Crippen molar-refractivity contribution in [2.75, 3.05) is 24.6 Å². The van der Waals surface area contributed by atoms with Gasteiger partial charge in [-0.05, 0) is 45.0 Å². The van der Waals surface area contributed by atoms with Crippen molar-refractivity contribution in [1.29, 1.82) is 0 Å². The van der Waals surface area contributed by atoms with Gasteiger partial charge in [0.15, 0.2) is 0 Å². The highest BCUT2D eigenvalue weighted by molar-refractivity contribution is 5.94. The van der Waals surface area contributed by atoms with Crippen LogP contribution in [0.3, 0.4) is 0 Å². The fourth-order valence-corrected chi connectivity index (χ4v) is 2.10. The number of hydrogen-bond acceptors (Lipinski definition) is 4. The molecule has 104 valence electrons. The van der Waals surface area contributed by atoms with E-state index in [9.17, 15) is 4.79 Å². The molecule has 19 heavy (non-hydrogen) atoms. The molecule has 1 aromatic carbocycles. The van der Waals surface area contributed by atoms with Gasteiger partial charge < -0.3 is 16.2 Å². The molecule has 0 aromatic heterocycles. The predicted octanol–water partition coefficient (Wildman–Crippen LogP) is 1.86. The third-order valence-electron chi connectivity index (χ3n) is 3.70. The number of carbonyl (C=O) groups is 1. The average molecular weight is 263 g/mol. The van der Waals surface area contributed by atoms with Crippen LogP contribution in [0.2, 0.25) is 0 Å². The Morgan fingerprint density at radius 1 is 1.58 bits per heavy atom. The Morgan fingerprint density at radius 2 is 2.26 bits per heavy atom. The first-order valence-electron chi connectivity index (χ1n) is 6.57. The van der Waals surface area contributed by atoms with Crippen LogP contribution in [0.1, 0.15) is 30.1 Å². The maximum Gasteiger partial charge on any atom is 0.337 e. The molecule has 5 nitrogen and oxygen atoms in total. The lowest BCUT2D eigenvalue weighted by molar-refractivity contribution is 0.0698. The summed E-state index contributed by atoms with van der Waals surface area (Å²) < 4.78 is 0. The molecular weight excluding hydrogens is 242 g/mol. The minimum absolute atomic E-state index is 0.146. The van der Waals surface area contributed by atoms with Crippen LogP contribution in [0.25, 0.3) is 0 Å². The van der Waals surface area contributed by atoms with Gasteiger partial charge in [-0.15, -0.1) is 0 Å². The van der Waals surface area contributed by atoms with Gasteiger partial charge in [-0.2, -0.15) is 0 Å². The smallest absolute Gasteiger partial charge is 0.337 e. The van der Waals surface area contributed by atoms with Crippen LogP contribution in [0.15, 0.2) is 18.2 Å². The number of hydrogen-bond donors (Lipinski definition) is 3. The molecule has 2 rings (SSSR count). The van der Waals surface area contributed by atoms with E-state index in [0.29, 0.717) is 11.7 Å². The van der Waals surface area contributed by atoms with Crippen LogP contribution >= 0.6 is 0 Å². The molecule has 0 radical (unpaired) electrons. The number of carboxylic acid groups (broad SMARTS) is 1. The van der Waals surface area contributed by atoms with E-state index >= 15 is 0 Å². The number of nitrogens with two attached hydrogens (primary N) is 1. The normalized spacial score (nSPS) is 16.4. The Hall–Kier alpha value is -1.75. The highest BCUT2D eigenvalue weighted by Gasteiger charge is 2.28. The number of carboxylic acids is 1. The SMILES string of the molecule is CC(CNc1ccc(N)c(C(=O)O)c1)N(C)C1CC1. The molecule has 1 unspecified atom stereocenters. The van der Waals surface area contributed by atoms with Crippen molar-refractivity contribution in [1.82, 2.24) is 4.90 Å². The number of nitrogens with zero attached hydrogens (tertiary/aromatic N) is 1. The van der Waals surface area contributed by atoms with Gasteiger partial charge in [0.05, 0.1) is 5.56 Å². The lowest BCUT2D eigenvalue weighted by atomic mass is 10.1. The molecule has 1 fully saturated rings. The Morgan fingerprint density at radius 3 is 2.84 bits per heavy atom. The van der Waals surface area contributed by atoms with Crippen molar-refractivity contribution in [2.24, 2.45) is 0 Å². The van der Waals surface area contributed by atoms with Crippen LogP contribution in [0.5, 0.6) is 0 Å². The Balaban J connectivity index is 1.95. The highest BCUT2D eigenvalue weighted by Crippen LogP contribution is 2.27.